The molecule has 1 rings (SSSR count). The summed E-state index contributed by atoms with van der Waals surface area (Å²) in [5.41, 5.74) is 0.783. The maximum atomic E-state index is 11.0. The molecule has 0 unspecified atom stereocenters. The molecule has 6 heteroatoms. The van der Waals surface area contributed by atoms with Gasteiger partial charge in [-0.1, -0.05) is 6.07 Å². The van der Waals surface area contributed by atoms with Crippen molar-refractivity contribution in [2.45, 2.75) is 11.8 Å². The highest BCUT2D eigenvalue weighted by atomic mass is 127. The highest BCUT2D eigenvalue weighted by Crippen LogP contribution is 2.20. The first-order chi connectivity index (χ1) is 5.95. The molecule has 2 N–H and O–H groups in total. The van der Waals surface area contributed by atoms with Gasteiger partial charge in [-0.3, -0.25) is 3.07 Å². The Hall–Kier alpha value is -0.340. The molecular weight excluding hydrogens is 305 g/mol. The largest absolute Gasteiger partial charge is 0.265 e. The molecule has 0 aliphatic heterocycles. The summed E-state index contributed by atoms with van der Waals surface area (Å²) in [6, 6.07) is 4.68. The van der Waals surface area contributed by atoms with E-state index in [4.69, 9.17) is 5.14 Å². The second-order valence-corrected chi connectivity index (χ2v) is 5.69. The van der Waals surface area contributed by atoms with Gasteiger partial charge in [-0.2, -0.15) is 0 Å². The van der Waals surface area contributed by atoms with E-state index in [9.17, 15) is 11.5 Å². The van der Waals surface area contributed by atoms with Crippen LogP contribution in [-0.4, -0.2) is 8.42 Å². The summed E-state index contributed by atoms with van der Waals surface area (Å²) in [5, 5.41) is 4.95. The van der Waals surface area contributed by atoms with Crippen LogP contribution in [0.3, 0.4) is 0 Å². The van der Waals surface area contributed by atoms with E-state index >= 15 is 0 Å². The first kappa shape index (κ1) is 10.7. The van der Waals surface area contributed by atoms with Crippen LogP contribution >= 0.6 is 21.2 Å². The number of aryl methyl sites for hydroxylation is 1. The smallest absolute Gasteiger partial charge is 0.239 e. The zero-order valence-corrected chi connectivity index (χ0v) is 9.79. The number of halogens is 1. The predicted octanol–water partition coefficient (Wildman–Crippen LogP) is 1.13. The van der Waals surface area contributed by atoms with Gasteiger partial charge in [-0.05, 0) is 24.6 Å². The lowest BCUT2D eigenvalue weighted by molar-refractivity contribution is 0.597. The summed E-state index contributed by atoms with van der Waals surface area (Å²) in [6.07, 6.45) is 0. The van der Waals surface area contributed by atoms with Crippen LogP contribution in [0.4, 0.5) is 0 Å². The Morgan fingerprint density at radius 3 is 2.46 bits per heavy atom. The fourth-order valence-electron chi connectivity index (χ4n) is 0.892. The third-order valence-electron chi connectivity index (χ3n) is 1.48. The lowest BCUT2D eigenvalue weighted by Crippen LogP contribution is -2.13. The fourth-order valence-corrected chi connectivity index (χ4v) is 3.41. The summed E-state index contributed by atoms with van der Waals surface area (Å²) in [7, 11) is -3.74. The van der Waals surface area contributed by atoms with Crippen molar-refractivity contribution in [1.29, 1.82) is 0 Å². The van der Waals surface area contributed by atoms with E-state index in [0.29, 0.717) is 3.57 Å². The minimum absolute atomic E-state index is 0.0182. The van der Waals surface area contributed by atoms with Gasteiger partial charge >= 0.3 is 0 Å². The summed E-state index contributed by atoms with van der Waals surface area (Å²) < 4.78 is 33.1. The van der Waals surface area contributed by atoms with Gasteiger partial charge in [0.05, 0.1) is 8.47 Å². The number of hydrogen-bond acceptors (Lipinski definition) is 3. The number of nitrogens with two attached hydrogens (primary N) is 1. The molecule has 0 bridgehead atoms. The van der Waals surface area contributed by atoms with Crippen LogP contribution in [0.2, 0.25) is 0 Å². The summed E-state index contributed by atoms with van der Waals surface area (Å²) in [5.74, 6) is 0. The van der Waals surface area contributed by atoms with Crippen molar-refractivity contribution in [2.24, 2.45) is 5.14 Å². The van der Waals surface area contributed by atoms with Gasteiger partial charge in [-0.25, -0.2) is 13.6 Å². The van der Waals surface area contributed by atoms with Gasteiger partial charge in [0.2, 0.25) is 10.0 Å². The second kappa shape index (κ2) is 3.81. The molecule has 4 nitrogen and oxygen atoms in total. The summed E-state index contributed by atoms with van der Waals surface area (Å²) in [6.45, 7) is 1.75. The molecule has 0 spiro atoms. The Morgan fingerprint density at radius 1 is 1.38 bits per heavy atom. The highest BCUT2D eigenvalue weighted by Gasteiger charge is 2.13. The zero-order valence-electron chi connectivity index (χ0n) is 6.82. The van der Waals surface area contributed by atoms with Gasteiger partial charge in [0, 0.05) is 0 Å². The Bertz CT molecular complexity index is 441. The zero-order chi connectivity index (χ0) is 10.1. The van der Waals surface area contributed by atoms with Crippen molar-refractivity contribution in [3.63, 3.8) is 0 Å². The molecule has 0 aliphatic rings. The first-order valence-corrected chi connectivity index (χ1v) is 6.86. The van der Waals surface area contributed by atoms with Crippen LogP contribution in [0, 0.1) is 10.5 Å². The number of hydrogen-bond donors (Lipinski definition) is 1. The molecule has 0 radical (unpaired) electrons. The lowest BCUT2D eigenvalue weighted by Gasteiger charge is -2.01. The SMILES string of the molecule is Cc1ccc(I=O)c(S(N)(=O)=O)c1. The third-order valence-corrected chi connectivity index (χ3v) is 4.21. The van der Waals surface area contributed by atoms with Crippen molar-refractivity contribution in [3.05, 3.63) is 27.3 Å². The third kappa shape index (κ3) is 2.55. The second-order valence-electron chi connectivity index (χ2n) is 2.56. The van der Waals surface area contributed by atoms with Crippen molar-refractivity contribution in [2.75, 3.05) is 0 Å². The molecule has 72 valence electrons. The molecule has 0 atom stereocenters. The van der Waals surface area contributed by atoms with E-state index in [1.807, 2.05) is 0 Å². The summed E-state index contributed by atoms with van der Waals surface area (Å²) >= 11 is -1.50. The van der Waals surface area contributed by atoms with Gasteiger partial charge < -0.3 is 0 Å². The molecule has 0 aliphatic carbocycles. The molecule has 0 saturated heterocycles. The molecule has 0 fully saturated rings. The van der Waals surface area contributed by atoms with Gasteiger partial charge in [0.15, 0.2) is 21.2 Å². The van der Waals surface area contributed by atoms with Crippen LogP contribution in [-0.2, 0) is 13.1 Å². The molecule has 1 aromatic carbocycles. The van der Waals surface area contributed by atoms with Gasteiger partial charge in [0.1, 0.15) is 0 Å². The van der Waals surface area contributed by atoms with E-state index in [-0.39, 0.29) is 4.90 Å². The van der Waals surface area contributed by atoms with Crippen molar-refractivity contribution in [1.82, 2.24) is 0 Å². The molecular formula is C7H8INO3S. The maximum Gasteiger partial charge on any atom is 0.239 e. The average molecular weight is 313 g/mol. The monoisotopic (exact) mass is 313 g/mol. The van der Waals surface area contributed by atoms with E-state index < -0.39 is 31.2 Å². The normalized spacial score (nSPS) is 11.5. The average Bonchev–Trinajstić information content (AvgIpc) is 2.03. The van der Waals surface area contributed by atoms with Crippen LogP contribution in [0.5, 0.6) is 0 Å². The molecule has 1 aromatic rings. The van der Waals surface area contributed by atoms with Gasteiger partial charge in [0.25, 0.3) is 0 Å². The van der Waals surface area contributed by atoms with Crippen LogP contribution in [0.1, 0.15) is 5.56 Å². The van der Waals surface area contributed by atoms with E-state index in [2.05, 4.69) is 0 Å². The Balaban J connectivity index is 3.50. The van der Waals surface area contributed by atoms with E-state index in [1.165, 1.54) is 12.1 Å². The molecule has 0 saturated carbocycles. The predicted molar refractivity (Wildman–Crippen MR) is 56.0 cm³/mol. The lowest BCUT2D eigenvalue weighted by atomic mass is 10.2. The minimum atomic E-state index is -3.74. The quantitative estimate of drug-likeness (QED) is 0.832. The van der Waals surface area contributed by atoms with Crippen LogP contribution in [0.25, 0.3) is 0 Å². The van der Waals surface area contributed by atoms with Crippen LogP contribution in [0.15, 0.2) is 23.1 Å². The molecule has 0 amide bonds. The molecule has 0 heterocycles. The van der Waals surface area contributed by atoms with Crippen molar-refractivity contribution >= 4 is 31.2 Å². The Labute approximate surface area is 86.8 Å². The van der Waals surface area contributed by atoms with Crippen molar-refractivity contribution in [3.8, 4) is 0 Å². The van der Waals surface area contributed by atoms with Crippen LogP contribution < -0.4 is 5.14 Å². The maximum absolute atomic E-state index is 11.0. The Morgan fingerprint density at radius 2 is 2.00 bits per heavy atom. The topological polar surface area (TPSA) is 77.2 Å². The molecule has 0 aromatic heterocycles. The standard InChI is InChI=1S/C7H8INO3S/c1-5-2-3-6(8-10)7(4-5)13(9,11)12/h2-4H,1H3,(H2,9,11,12). The van der Waals surface area contributed by atoms with Crippen molar-refractivity contribution < 1.29 is 11.5 Å². The number of benzene rings is 1. The first-order valence-electron chi connectivity index (χ1n) is 3.35. The van der Waals surface area contributed by atoms with E-state index in [1.54, 1.807) is 13.0 Å². The highest BCUT2D eigenvalue weighted by molar-refractivity contribution is 14.1. The van der Waals surface area contributed by atoms with Gasteiger partial charge in [-0.15, -0.1) is 0 Å². The summed E-state index contributed by atoms with van der Waals surface area (Å²) in [4.78, 5) is -0.0182. The van der Waals surface area contributed by atoms with E-state index in [0.717, 1.165) is 5.56 Å². The minimum Gasteiger partial charge on any atom is -0.265 e. The number of sulfonamides is 1. The molecule has 13 heavy (non-hydrogen) atoms. The fraction of sp³-hybridized carbons (Fsp3) is 0.143. The number of primary sulfonamides is 1. The Kier molecular flexibility index (Phi) is 3.14. The number of rotatable bonds is 2.